The maximum absolute atomic E-state index is 5.11. The van der Waals surface area contributed by atoms with Gasteiger partial charge in [0.1, 0.15) is 9.67 Å². The van der Waals surface area contributed by atoms with Gasteiger partial charge in [-0.1, -0.05) is 31.9 Å². The summed E-state index contributed by atoms with van der Waals surface area (Å²) in [6.07, 6.45) is 0. The molecule has 0 aliphatic carbocycles. The lowest BCUT2D eigenvalue weighted by Crippen LogP contribution is -1.96. The van der Waals surface area contributed by atoms with Crippen molar-refractivity contribution in [2.75, 3.05) is 4.24 Å². The lowest BCUT2D eigenvalue weighted by molar-refractivity contribution is 1.29. The Balaban J connectivity index is 0. The molecule has 0 aromatic heterocycles. The van der Waals surface area contributed by atoms with E-state index in [-0.39, 0.29) is 0 Å². The van der Waals surface area contributed by atoms with Gasteiger partial charge >= 0.3 is 0 Å². The van der Waals surface area contributed by atoms with E-state index in [1.807, 2.05) is 0 Å². The summed E-state index contributed by atoms with van der Waals surface area (Å²) in [7, 11) is 0. The van der Waals surface area contributed by atoms with Gasteiger partial charge in [0, 0.05) is 0 Å². The van der Waals surface area contributed by atoms with Crippen molar-refractivity contribution in [3.05, 3.63) is 0 Å². The number of hydrogen-bond donors (Lipinski definition) is 0. The lowest BCUT2D eigenvalue weighted by Gasteiger charge is -1.95. The van der Waals surface area contributed by atoms with E-state index in [1.54, 1.807) is 0 Å². The van der Waals surface area contributed by atoms with Crippen LogP contribution in [0.15, 0.2) is 0 Å². The molecule has 0 radical (unpaired) electrons. The van der Waals surface area contributed by atoms with Crippen molar-refractivity contribution in [1.82, 2.24) is 0 Å². The molecule has 0 bridgehead atoms. The highest BCUT2D eigenvalue weighted by atomic mass is 79.9. The summed E-state index contributed by atoms with van der Waals surface area (Å²) in [6, 6.07) is 0. The van der Waals surface area contributed by atoms with Crippen LogP contribution in [-0.4, -0.2) is 13.9 Å². The molecule has 0 N–H and O–H groups in total. The molecule has 0 unspecified atom stereocenters. The highest BCUT2D eigenvalue weighted by Gasteiger charge is 2.06. The normalized spacial score (nSPS) is 9.33. The maximum Gasteiger partial charge on any atom is 0.137 e. The molecule has 9 heavy (non-hydrogen) atoms. The topological polar surface area (TPSA) is 0 Å². The second kappa shape index (κ2) is 10.1. The molecule has 0 saturated heterocycles. The molecule has 0 aliphatic heterocycles. The Kier molecular flexibility index (Phi) is 15.4. The van der Waals surface area contributed by atoms with E-state index in [2.05, 4.69) is 31.9 Å². The summed E-state index contributed by atoms with van der Waals surface area (Å²) in [5, 5.41) is 0. The first-order chi connectivity index (χ1) is 4.06. The predicted molar refractivity (Wildman–Crippen MR) is 53.7 cm³/mol. The highest BCUT2D eigenvalue weighted by molar-refractivity contribution is 9.24. The van der Waals surface area contributed by atoms with Crippen molar-refractivity contribution in [3.8, 4) is 0 Å². The molecule has 0 rings (SSSR count). The Labute approximate surface area is 91.4 Å². The number of alkyl halides is 6. The zero-order valence-corrected chi connectivity index (χ0v) is 10.3. The summed E-state index contributed by atoms with van der Waals surface area (Å²) in [4.78, 5) is -1.35. The van der Waals surface area contributed by atoms with Gasteiger partial charge in [-0.15, -0.1) is 46.4 Å². The summed E-state index contributed by atoms with van der Waals surface area (Å²) >= 11 is 26.6. The highest BCUT2D eigenvalue weighted by Crippen LogP contribution is 2.16. The third-order valence-corrected chi connectivity index (χ3v) is 1.71. The van der Waals surface area contributed by atoms with Gasteiger partial charge in [-0.2, -0.15) is 0 Å². The number of rotatable bonds is 1. The monoisotopic (exact) mass is 338 g/mol. The van der Waals surface area contributed by atoms with Gasteiger partial charge in [0.15, 0.2) is 0 Å². The molecule has 0 aromatic rings. The minimum atomic E-state index is -0.673. The Bertz CT molecular complexity index is 43.1. The lowest BCUT2D eigenvalue weighted by atomic mass is 10.9. The SMILES string of the molecule is BrCBr.ClC(Cl)C(Cl)Cl. The molecular formula is C3H4Br2Cl4. The van der Waals surface area contributed by atoms with E-state index in [1.165, 1.54) is 0 Å². The van der Waals surface area contributed by atoms with Crippen molar-refractivity contribution in [3.63, 3.8) is 0 Å². The van der Waals surface area contributed by atoms with E-state index in [9.17, 15) is 0 Å². The van der Waals surface area contributed by atoms with Crippen LogP contribution in [0.25, 0.3) is 0 Å². The number of hydrogen-bond acceptors (Lipinski definition) is 0. The standard InChI is InChI=1S/C2H2Cl4.CH2Br2/c3-1(4)2(5)6;2-1-3/h1-2H;1H2. The first kappa shape index (κ1) is 13.7. The fraction of sp³-hybridized carbons (Fsp3) is 1.00. The largest absolute Gasteiger partial charge is 0.137 e. The molecule has 0 spiro atoms. The van der Waals surface area contributed by atoms with E-state index in [4.69, 9.17) is 46.4 Å². The van der Waals surface area contributed by atoms with Gasteiger partial charge < -0.3 is 0 Å². The summed E-state index contributed by atoms with van der Waals surface area (Å²) in [5.74, 6) is 0. The predicted octanol–water partition coefficient (Wildman–Crippen LogP) is 4.33. The molecule has 0 aromatic carbocycles. The number of halogens is 6. The summed E-state index contributed by atoms with van der Waals surface area (Å²) < 4.78 is 0.875. The smallest absolute Gasteiger partial charge is 0.102 e. The Morgan fingerprint density at radius 1 is 0.889 bits per heavy atom. The molecule has 6 heteroatoms. The molecule has 0 fully saturated rings. The Morgan fingerprint density at radius 3 is 1.00 bits per heavy atom. The van der Waals surface area contributed by atoms with E-state index in [0.717, 1.165) is 4.24 Å². The first-order valence-corrected chi connectivity index (χ1v) is 5.73. The van der Waals surface area contributed by atoms with E-state index >= 15 is 0 Å². The van der Waals surface area contributed by atoms with Crippen molar-refractivity contribution in [2.45, 2.75) is 9.67 Å². The molecule has 0 amide bonds. The van der Waals surface area contributed by atoms with Crippen LogP contribution < -0.4 is 0 Å². The van der Waals surface area contributed by atoms with Crippen LogP contribution >= 0.6 is 78.3 Å². The van der Waals surface area contributed by atoms with E-state index in [0.29, 0.717) is 0 Å². The van der Waals surface area contributed by atoms with Gasteiger partial charge in [0.2, 0.25) is 0 Å². The minimum absolute atomic E-state index is 0.673. The zero-order valence-electron chi connectivity index (χ0n) is 4.13. The van der Waals surface area contributed by atoms with Crippen LogP contribution in [0.4, 0.5) is 0 Å². The fourth-order valence-electron chi connectivity index (χ4n) is 0. The zero-order chi connectivity index (χ0) is 7.86. The maximum atomic E-state index is 5.11. The molecule has 0 saturated carbocycles. The second-order valence-electron chi connectivity index (χ2n) is 0.770. The van der Waals surface area contributed by atoms with Gasteiger partial charge in [0.25, 0.3) is 0 Å². The first-order valence-electron chi connectivity index (χ1n) is 1.74. The molecule has 0 aliphatic rings. The third kappa shape index (κ3) is 17.8. The van der Waals surface area contributed by atoms with Crippen LogP contribution in [-0.2, 0) is 0 Å². The third-order valence-electron chi connectivity index (χ3n) is 0.190. The minimum Gasteiger partial charge on any atom is -0.102 e. The Morgan fingerprint density at radius 2 is 1.00 bits per heavy atom. The van der Waals surface area contributed by atoms with Crippen molar-refractivity contribution in [1.29, 1.82) is 0 Å². The van der Waals surface area contributed by atoms with Crippen LogP contribution in [0.5, 0.6) is 0 Å². The van der Waals surface area contributed by atoms with Crippen molar-refractivity contribution < 1.29 is 0 Å². The Hall–Kier alpha value is 2.12. The van der Waals surface area contributed by atoms with Crippen LogP contribution in [0.2, 0.25) is 0 Å². The van der Waals surface area contributed by atoms with Gasteiger partial charge in [-0.25, -0.2) is 0 Å². The van der Waals surface area contributed by atoms with Crippen LogP contribution in [0.1, 0.15) is 0 Å². The molecule has 0 nitrogen and oxygen atoms in total. The molecule has 0 heterocycles. The summed E-state index contributed by atoms with van der Waals surface area (Å²) in [5.41, 5.74) is 0. The summed E-state index contributed by atoms with van der Waals surface area (Å²) in [6.45, 7) is 0. The van der Waals surface area contributed by atoms with Gasteiger partial charge in [0.05, 0.1) is 4.24 Å². The average molecular weight is 342 g/mol. The van der Waals surface area contributed by atoms with Crippen molar-refractivity contribution >= 4 is 78.3 Å². The molecular weight excluding hydrogens is 338 g/mol. The van der Waals surface area contributed by atoms with E-state index < -0.39 is 9.67 Å². The van der Waals surface area contributed by atoms with Gasteiger partial charge in [-0.3, -0.25) is 0 Å². The van der Waals surface area contributed by atoms with Crippen LogP contribution in [0, 0.1) is 0 Å². The fourth-order valence-corrected chi connectivity index (χ4v) is 0. The second-order valence-corrected chi connectivity index (χ2v) is 5.72. The molecule has 0 atom stereocenters. The van der Waals surface area contributed by atoms with Crippen molar-refractivity contribution in [2.24, 2.45) is 0 Å². The average Bonchev–Trinajstić information content (AvgIpc) is 1.68. The quantitative estimate of drug-likeness (QED) is 0.623. The van der Waals surface area contributed by atoms with Crippen LogP contribution in [0.3, 0.4) is 0 Å². The van der Waals surface area contributed by atoms with Gasteiger partial charge in [-0.05, 0) is 0 Å². The molecule has 58 valence electrons.